The lowest BCUT2D eigenvalue weighted by Gasteiger charge is -2.39. The molecule has 0 radical (unpaired) electrons. The van der Waals surface area contributed by atoms with Gasteiger partial charge in [-0.1, -0.05) is 32.0 Å². The molecule has 0 saturated carbocycles. The summed E-state index contributed by atoms with van der Waals surface area (Å²) < 4.78 is 17.9. The fraction of sp³-hybridized carbons (Fsp3) is 0.500. The molecule has 39 heavy (non-hydrogen) atoms. The molecule has 0 aromatic heterocycles. The SMILES string of the molecule is CCC1(CC)OC(N2CCC3(CC2)Cc2cc(-c4ccc(NC(=O)N5CCOCC5)cc4)ccc2O3)=NC1=O. The minimum Gasteiger partial charge on any atom is -0.487 e. The highest BCUT2D eigenvalue weighted by Crippen LogP contribution is 2.43. The van der Waals surface area contributed by atoms with Crippen LogP contribution in [0.15, 0.2) is 47.5 Å². The van der Waals surface area contributed by atoms with Crippen molar-refractivity contribution in [1.29, 1.82) is 0 Å². The molecule has 4 aliphatic rings. The number of morpholine rings is 1. The number of rotatable bonds is 4. The highest BCUT2D eigenvalue weighted by molar-refractivity contribution is 6.01. The molecule has 4 heterocycles. The van der Waals surface area contributed by atoms with Gasteiger partial charge in [-0.15, -0.1) is 0 Å². The smallest absolute Gasteiger partial charge is 0.321 e. The minimum atomic E-state index is -0.798. The van der Waals surface area contributed by atoms with Crippen LogP contribution in [0.3, 0.4) is 0 Å². The van der Waals surface area contributed by atoms with Crippen LogP contribution in [-0.4, -0.2) is 78.4 Å². The largest absolute Gasteiger partial charge is 0.487 e. The molecule has 1 N–H and O–H groups in total. The van der Waals surface area contributed by atoms with Gasteiger partial charge in [0.15, 0.2) is 5.60 Å². The van der Waals surface area contributed by atoms with Crippen LogP contribution in [-0.2, 0) is 20.7 Å². The van der Waals surface area contributed by atoms with Gasteiger partial charge in [0, 0.05) is 51.1 Å². The lowest BCUT2D eigenvalue weighted by Crippen LogP contribution is -2.50. The van der Waals surface area contributed by atoms with Crippen LogP contribution in [0.5, 0.6) is 5.75 Å². The van der Waals surface area contributed by atoms with Gasteiger partial charge in [-0.2, -0.15) is 4.99 Å². The Bertz CT molecular complexity index is 1270. The Morgan fingerprint density at radius 1 is 0.949 bits per heavy atom. The van der Waals surface area contributed by atoms with Crippen LogP contribution in [0.1, 0.15) is 45.1 Å². The maximum atomic E-state index is 12.5. The molecule has 4 aliphatic heterocycles. The van der Waals surface area contributed by atoms with E-state index in [9.17, 15) is 9.59 Å². The predicted octanol–water partition coefficient (Wildman–Crippen LogP) is 4.46. The summed E-state index contributed by atoms with van der Waals surface area (Å²) in [6, 6.07) is 14.7. The second-order valence-electron chi connectivity index (χ2n) is 10.9. The second kappa shape index (κ2) is 10.2. The van der Waals surface area contributed by atoms with Crippen molar-refractivity contribution >= 4 is 23.6 Å². The first-order chi connectivity index (χ1) is 18.9. The van der Waals surface area contributed by atoms with E-state index in [1.165, 1.54) is 5.56 Å². The number of urea groups is 1. The Kier molecular flexibility index (Phi) is 6.71. The average molecular weight is 533 g/mol. The standard InChI is InChI=1S/C30H36N4O5/c1-3-30(4-2)26(35)32-28(39-30)34-13-11-29(12-14-34)20-23-19-22(7-10-25(23)38-29)21-5-8-24(9-6-21)31-27(36)33-15-17-37-18-16-33/h5-10,19H,3-4,11-18,20H2,1-2H3,(H,31,36). The molecule has 9 heteroatoms. The summed E-state index contributed by atoms with van der Waals surface area (Å²) in [5.41, 5.74) is 3.17. The van der Waals surface area contributed by atoms with Crippen molar-refractivity contribution in [2.24, 2.45) is 4.99 Å². The van der Waals surface area contributed by atoms with E-state index in [1.54, 1.807) is 4.90 Å². The molecular formula is C30H36N4O5. The van der Waals surface area contributed by atoms with Crippen LogP contribution < -0.4 is 10.1 Å². The predicted molar refractivity (Wildman–Crippen MR) is 148 cm³/mol. The van der Waals surface area contributed by atoms with Crippen molar-refractivity contribution in [3.63, 3.8) is 0 Å². The maximum absolute atomic E-state index is 12.5. The average Bonchev–Trinajstić information content (AvgIpc) is 3.50. The maximum Gasteiger partial charge on any atom is 0.321 e. The molecule has 1 spiro atoms. The number of benzene rings is 2. The number of ether oxygens (including phenoxy) is 3. The molecule has 2 saturated heterocycles. The second-order valence-corrected chi connectivity index (χ2v) is 10.9. The third-order valence-electron chi connectivity index (χ3n) is 8.63. The fourth-order valence-corrected chi connectivity index (χ4v) is 5.97. The molecule has 2 aromatic rings. The van der Waals surface area contributed by atoms with Gasteiger partial charge in [0.25, 0.3) is 11.9 Å². The van der Waals surface area contributed by atoms with E-state index < -0.39 is 5.60 Å². The molecule has 6 rings (SSSR count). The van der Waals surface area contributed by atoms with Crippen molar-refractivity contribution in [2.45, 2.75) is 57.2 Å². The summed E-state index contributed by atoms with van der Waals surface area (Å²) in [7, 11) is 0. The van der Waals surface area contributed by atoms with E-state index in [0.29, 0.717) is 45.2 Å². The molecule has 206 valence electrons. The van der Waals surface area contributed by atoms with Gasteiger partial charge in [-0.05, 0) is 53.8 Å². The van der Waals surface area contributed by atoms with Gasteiger partial charge in [0.1, 0.15) is 11.4 Å². The number of amidine groups is 1. The van der Waals surface area contributed by atoms with Crippen LogP contribution in [0.25, 0.3) is 11.1 Å². The summed E-state index contributed by atoms with van der Waals surface area (Å²) in [6.45, 7) is 7.82. The monoisotopic (exact) mass is 532 g/mol. The van der Waals surface area contributed by atoms with Crippen LogP contribution in [0.2, 0.25) is 0 Å². The summed E-state index contributed by atoms with van der Waals surface area (Å²) in [6.07, 6.45) is 3.80. The number of hydrogen-bond acceptors (Lipinski definition) is 6. The third-order valence-corrected chi connectivity index (χ3v) is 8.63. The molecule has 9 nitrogen and oxygen atoms in total. The Morgan fingerprint density at radius 3 is 2.31 bits per heavy atom. The number of hydrogen-bond donors (Lipinski definition) is 1. The number of nitrogens with one attached hydrogen (secondary N) is 1. The highest BCUT2D eigenvalue weighted by Gasteiger charge is 2.48. The van der Waals surface area contributed by atoms with E-state index in [4.69, 9.17) is 14.2 Å². The van der Waals surface area contributed by atoms with E-state index in [1.807, 2.05) is 38.1 Å². The van der Waals surface area contributed by atoms with Crippen LogP contribution in [0, 0.1) is 0 Å². The van der Waals surface area contributed by atoms with Crippen molar-refractivity contribution < 1.29 is 23.8 Å². The van der Waals surface area contributed by atoms with Gasteiger partial charge < -0.3 is 29.3 Å². The van der Waals surface area contributed by atoms with Crippen molar-refractivity contribution in [1.82, 2.24) is 9.80 Å². The summed E-state index contributed by atoms with van der Waals surface area (Å²) >= 11 is 0. The molecule has 2 fully saturated rings. The number of carbonyl (C=O) groups is 2. The number of anilines is 1. The Balaban J connectivity index is 1.08. The molecular weight excluding hydrogens is 496 g/mol. The van der Waals surface area contributed by atoms with Crippen molar-refractivity contribution in [3.8, 4) is 16.9 Å². The fourth-order valence-electron chi connectivity index (χ4n) is 5.97. The Hall–Kier alpha value is -3.59. The molecule has 0 aliphatic carbocycles. The summed E-state index contributed by atoms with van der Waals surface area (Å²) in [5, 5.41) is 2.98. The van der Waals surface area contributed by atoms with Gasteiger partial charge >= 0.3 is 6.03 Å². The van der Waals surface area contributed by atoms with Gasteiger partial charge in [-0.25, -0.2) is 4.79 Å². The van der Waals surface area contributed by atoms with Crippen LogP contribution >= 0.6 is 0 Å². The van der Waals surface area contributed by atoms with E-state index >= 15 is 0 Å². The molecule has 0 atom stereocenters. The molecule has 0 unspecified atom stereocenters. The van der Waals surface area contributed by atoms with Gasteiger partial charge in [-0.3, -0.25) is 4.79 Å². The number of aliphatic imine (C=N–C) groups is 1. The first-order valence-electron chi connectivity index (χ1n) is 14.1. The lowest BCUT2D eigenvalue weighted by molar-refractivity contribution is -0.131. The Morgan fingerprint density at radius 2 is 1.64 bits per heavy atom. The van der Waals surface area contributed by atoms with Crippen molar-refractivity contribution in [3.05, 3.63) is 48.0 Å². The summed E-state index contributed by atoms with van der Waals surface area (Å²) in [5.74, 6) is 0.787. The molecule has 0 bridgehead atoms. The number of amides is 3. The molecule has 3 amide bonds. The highest BCUT2D eigenvalue weighted by atomic mass is 16.5. The van der Waals surface area contributed by atoms with Gasteiger partial charge in [0.2, 0.25) is 0 Å². The zero-order chi connectivity index (χ0) is 27.0. The normalized spacial score (nSPS) is 21.3. The van der Waals surface area contributed by atoms with Crippen LogP contribution in [0.4, 0.5) is 10.5 Å². The van der Waals surface area contributed by atoms with E-state index in [2.05, 4.69) is 33.4 Å². The van der Waals surface area contributed by atoms with Gasteiger partial charge in [0.05, 0.1) is 13.2 Å². The topological polar surface area (TPSA) is 92.7 Å². The quantitative estimate of drug-likeness (QED) is 0.625. The number of likely N-dealkylation sites (tertiary alicyclic amines) is 1. The minimum absolute atomic E-state index is 0.0923. The zero-order valence-electron chi connectivity index (χ0n) is 22.7. The van der Waals surface area contributed by atoms with Crippen molar-refractivity contribution in [2.75, 3.05) is 44.7 Å². The summed E-state index contributed by atoms with van der Waals surface area (Å²) in [4.78, 5) is 33.1. The first kappa shape index (κ1) is 25.7. The first-order valence-corrected chi connectivity index (χ1v) is 14.1. The molecule has 2 aromatic carbocycles. The number of piperidine rings is 1. The third kappa shape index (κ3) is 4.84. The lowest BCUT2D eigenvalue weighted by atomic mass is 9.86. The number of carbonyl (C=O) groups excluding carboxylic acids is 2. The number of nitrogens with zero attached hydrogens (tertiary/aromatic N) is 3. The number of fused-ring (bicyclic) bond motifs is 1. The van der Waals surface area contributed by atoms with E-state index in [0.717, 1.165) is 54.9 Å². The van der Waals surface area contributed by atoms with E-state index in [-0.39, 0.29) is 17.5 Å². The zero-order valence-corrected chi connectivity index (χ0v) is 22.7. The Labute approximate surface area is 229 Å².